The van der Waals surface area contributed by atoms with Crippen molar-refractivity contribution >= 4 is 11.9 Å². The maximum atomic E-state index is 12.1. The molecule has 0 aliphatic carbocycles. The summed E-state index contributed by atoms with van der Waals surface area (Å²) in [5.41, 5.74) is 0.153. The normalized spacial score (nSPS) is 11.9. The van der Waals surface area contributed by atoms with E-state index in [1.54, 1.807) is 6.07 Å². The number of fused-ring (bicyclic) bond motifs is 1. The monoisotopic (exact) mass is 387 g/mol. The van der Waals surface area contributed by atoms with Gasteiger partial charge in [-0.2, -0.15) is 5.10 Å². The molecule has 0 radical (unpaired) electrons. The maximum absolute atomic E-state index is 12.1. The minimum absolute atomic E-state index is 0.00599. The van der Waals surface area contributed by atoms with E-state index < -0.39 is 23.5 Å². The lowest BCUT2D eigenvalue weighted by Crippen LogP contribution is -2.19. The smallest absolute Gasteiger partial charge is 0.341 e. The van der Waals surface area contributed by atoms with Crippen LogP contribution in [0.2, 0.25) is 0 Å². The van der Waals surface area contributed by atoms with Crippen molar-refractivity contribution in [2.24, 2.45) is 0 Å². The first kappa shape index (κ1) is 19.0. The molecule has 146 valence electrons. The number of H-pyrrole nitrogens is 1. The average Bonchev–Trinajstić information content (AvgIpc) is 3.05. The van der Waals surface area contributed by atoms with Crippen molar-refractivity contribution in [3.63, 3.8) is 0 Å². The van der Waals surface area contributed by atoms with Crippen molar-refractivity contribution in [3.8, 4) is 22.8 Å². The third-order valence-electron chi connectivity index (χ3n) is 4.30. The summed E-state index contributed by atoms with van der Waals surface area (Å²) >= 11 is 0. The summed E-state index contributed by atoms with van der Waals surface area (Å²) < 4.78 is 11.2. The Labute approximate surface area is 158 Å². The highest BCUT2D eigenvalue weighted by molar-refractivity contribution is 5.96. The largest absolute Gasteiger partial charge is 0.504 e. The van der Waals surface area contributed by atoms with Crippen LogP contribution in [0.25, 0.3) is 11.3 Å². The molecule has 0 spiro atoms. The quantitative estimate of drug-likeness (QED) is 0.536. The van der Waals surface area contributed by atoms with Crippen LogP contribution >= 0.6 is 0 Å². The van der Waals surface area contributed by atoms with Gasteiger partial charge >= 0.3 is 11.9 Å². The first-order valence-corrected chi connectivity index (χ1v) is 8.12. The predicted molar refractivity (Wildman–Crippen MR) is 95.9 cm³/mol. The molecule has 10 nitrogen and oxygen atoms in total. The molecule has 2 aliphatic heterocycles. The number of methoxy groups -OCH3 is 2. The Balaban J connectivity index is 2.21. The number of hydrogen-bond donors (Lipinski definition) is 3. The van der Waals surface area contributed by atoms with Crippen molar-refractivity contribution in [1.82, 2.24) is 14.8 Å². The molecular weight excluding hydrogens is 370 g/mol. The van der Waals surface area contributed by atoms with Crippen molar-refractivity contribution in [2.75, 3.05) is 14.2 Å². The van der Waals surface area contributed by atoms with Crippen LogP contribution in [0.4, 0.5) is 0 Å². The second-order valence-corrected chi connectivity index (χ2v) is 5.97. The van der Waals surface area contributed by atoms with E-state index >= 15 is 0 Å². The topological polar surface area (TPSA) is 144 Å². The number of rotatable bonds is 6. The van der Waals surface area contributed by atoms with Gasteiger partial charge in [-0.3, -0.25) is 9.59 Å². The van der Waals surface area contributed by atoms with Crippen LogP contribution in [0.15, 0.2) is 35.4 Å². The number of nitrogens with one attached hydrogen (secondary N) is 1. The molecule has 0 saturated carbocycles. The van der Waals surface area contributed by atoms with Crippen LogP contribution in [0.3, 0.4) is 0 Å². The van der Waals surface area contributed by atoms with Crippen molar-refractivity contribution < 1.29 is 29.3 Å². The number of aromatic amines is 1. The van der Waals surface area contributed by atoms with Gasteiger partial charge in [-0.05, 0) is 17.7 Å². The van der Waals surface area contributed by atoms with Crippen LogP contribution in [0.1, 0.15) is 28.4 Å². The lowest BCUT2D eigenvalue weighted by Gasteiger charge is -2.22. The summed E-state index contributed by atoms with van der Waals surface area (Å²) in [6.07, 6.45) is 2.40. The predicted octanol–water partition coefficient (Wildman–Crippen LogP) is 1.24. The number of ether oxygens (including phenoxy) is 2. The number of pyridine rings is 1. The zero-order chi connectivity index (χ0) is 20.4. The van der Waals surface area contributed by atoms with E-state index in [0.29, 0.717) is 5.56 Å². The molecule has 0 saturated heterocycles. The number of aromatic nitrogens is 3. The van der Waals surface area contributed by atoms with Gasteiger partial charge in [0.05, 0.1) is 32.2 Å². The molecule has 0 aromatic heterocycles. The Morgan fingerprint density at radius 2 is 2.04 bits per heavy atom. The third-order valence-corrected chi connectivity index (χ3v) is 4.30. The van der Waals surface area contributed by atoms with E-state index in [1.165, 1.54) is 43.3 Å². The fourth-order valence-electron chi connectivity index (χ4n) is 2.97. The van der Waals surface area contributed by atoms with Crippen molar-refractivity contribution in [1.29, 1.82) is 0 Å². The number of nitrogens with zero attached hydrogens (tertiary/aromatic N) is 2. The first-order valence-electron chi connectivity index (χ1n) is 8.12. The van der Waals surface area contributed by atoms with Crippen molar-refractivity contribution in [3.05, 3.63) is 52.1 Å². The number of carboxylic acid groups (broad SMARTS) is 1. The van der Waals surface area contributed by atoms with Gasteiger partial charge in [0.2, 0.25) is 0 Å². The number of carboxylic acids is 1. The number of hydrogen-bond acceptors (Lipinski definition) is 7. The average molecular weight is 387 g/mol. The highest BCUT2D eigenvalue weighted by atomic mass is 16.5. The molecule has 0 fully saturated rings. The van der Waals surface area contributed by atoms with E-state index in [1.807, 2.05) is 0 Å². The van der Waals surface area contributed by atoms with Gasteiger partial charge in [0, 0.05) is 12.4 Å². The zero-order valence-electron chi connectivity index (χ0n) is 15.0. The Morgan fingerprint density at radius 1 is 1.29 bits per heavy atom. The number of aromatic hydroxyl groups is 1. The minimum atomic E-state index is -1.11. The molecule has 1 unspecified atom stereocenters. The zero-order valence-corrected chi connectivity index (χ0v) is 15.0. The van der Waals surface area contributed by atoms with Crippen LogP contribution in [0, 0.1) is 0 Å². The van der Waals surface area contributed by atoms with E-state index in [9.17, 15) is 24.6 Å². The maximum Gasteiger partial charge on any atom is 0.341 e. The number of benzene rings is 1. The molecule has 28 heavy (non-hydrogen) atoms. The fraction of sp³-hybridized carbons (Fsp3) is 0.222. The lowest BCUT2D eigenvalue weighted by atomic mass is 10.0. The molecule has 1 aromatic rings. The molecule has 0 bridgehead atoms. The summed E-state index contributed by atoms with van der Waals surface area (Å²) in [6, 6.07) is 3.64. The standard InChI is InChI=1S/C18H17N3O7/c1-27-14-4-3-9(5-13(14)22)12(6-15(23)24)21-7-10-16(19-20-17(10)25)11(8-21)18(26)28-2/h3-5,7-8,12,22H,6H2,1-2H3,(H,20,25)(H,23,24). The Hall–Kier alpha value is -3.82. The van der Waals surface area contributed by atoms with E-state index in [4.69, 9.17) is 9.47 Å². The number of carbonyl (C=O) groups is 2. The molecule has 3 rings (SSSR count). The lowest BCUT2D eigenvalue weighted by molar-refractivity contribution is -0.137. The number of aliphatic carboxylic acids is 1. The van der Waals surface area contributed by atoms with Crippen LogP contribution in [0.5, 0.6) is 11.5 Å². The Bertz CT molecular complexity index is 1070. The highest BCUT2D eigenvalue weighted by Gasteiger charge is 2.26. The molecule has 1 atom stereocenters. The van der Waals surface area contributed by atoms with Gasteiger partial charge in [0.25, 0.3) is 5.56 Å². The summed E-state index contributed by atoms with van der Waals surface area (Å²) in [4.78, 5) is 35.6. The molecule has 2 heterocycles. The SMILES string of the molecule is COC(=O)c1cn(C(CC(=O)O)c2ccc(OC)c(O)c2)cc2c(=O)[nH]nc1-2. The fourth-order valence-corrected chi connectivity index (χ4v) is 2.97. The van der Waals surface area contributed by atoms with Gasteiger partial charge in [-0.25, -0.2) is 9.89 Å². The highest BCUT2D eigenvalue weighted by Crippen LogP contribution is 2.33. The third kappa shape index (κ3) is 3.39. The van der Waals surface area contributed by atoms with Crippen LogP contribution < -0.4 is 10.3 Å². The van der Waals surface area contributed by atoms with Gasteiger partial charge in [-0.1, -0.05) is 6.07 Å². The van der Waals surface area contributed by atoms with Crippen LogP contribution in [-0.2, 0) is 9.53 Å². The van der Waals surface area contributed by atoms with Crippen LogP contribution in [-0.4, -0.2) is 51.1 Å². The van der Waals surface area contributed by atoms with Gasteiger partial charge in [0.1, 0.15) is 11.3 Å². The van der Waals surface area contributed by atoms with Crippen molar-refractivity contribution in [2.45, 2.75) is 12.5 Å². The number of esters is 1. The molecular formula is C18H17N3O7. The van der Waals surface area contributed by atoms with E-state index in [2.05, 4.69) is 10.2 Å². The van der Waals surface area contributed by atoms with E-state index in [0.717, 1.165) is 0 Å². The number of phenolic OH excluding ortho intramolecular Hbond substituents is 1. The molecule has 1 aromatic carbocycles. The summed E-state index contributed by atoms with van der Waals surface area (Å²) in [6.45, 7) is 0. The number of carbonyl (C=O) groups excluding carboxylic acids is 1. The van der Waals surface area contributed by atoms with Gasteiger partial charge in [0.15, 0.2) is 11.5 Å². The molecule has 3 N–H and O–H groups in total. The molecule has 2 aliphatic rings. The Morgan fingerprint density at radius 3 is 2.64 bits per heavy atom. The summed E-state index contributed by atoms with van der Waals surface area (Å²) in [5.74, 6) is -1.78. The minimum Gasteiger partial charge on any atom is -0.504 e. The summed E-state index contributed by atoms with van der Waals surface area (Å²) in [7, 11) is 2.58. The number of phenols is 1. The van der Waals surface area contributed by atoms with Gasteiger partial charge < -0.3 is 24.3 Å². The first-order chi connectivity index (χ1) is 13.3. The van der Waals surface area contributed by atoms with Gasteiger partial charge in [-0.15, -0.1) is 0 Å². The summed E-state index contributed by atoms with van der Waals surface area (Å²) in [5, 5.41) is 25.5. The Kier molecular flexibility index (Phi) is 5.03. The molecule has 0 amide bonds. The second-order valence-electron chi connectivity index (χ2n) is 5.97. The molecule has 10 heteroatoms. The van der Waals surface area contributed by atoms with E-state index in [-0.39, 0.29) is 34.7 Å². The second kappa shape index (κ2) is 7.43.